The zero-order chi connectivity index (χ0) is 41.4. The third-order valence-electron chi connectivity index (χ3n) is 11.3. The van der Waals surface area contributed by atoms with Crippen LogP contribution in [0.3, 0.4) is 0 Å². The number of imidazole rings is 2. The maximum atomic E-state index is 14.1. The van der Waals surface area contributed by atoms with E-state index in [1.54, 1.807) is 58.6 Å². The number of nitrogens with one attached hydrogen (secondary N) is 4. The summed E-state index contributed by atoms with van der Waals surface area (Å²) < 4.78 is 9.49. The van der Waals surface area contributed by atoms with E-state index in [-0.39, 0.29) is 58.4 Å². The van der Waals surface area contributed by atoms with E-state index in [1.165, 1.54) is 14.2 Å². The van der Waals surface area contributed by atoms with E-state index in [4.69, 9.17) is 9.47 Å². The number of ketones is 2. The highest BCUT2D eigenvalue weighted by Crippen LogP contribution is 2.37. The number of methoxy groups -OCH3 is 2. The number of hydrogen-bond donors (Lipinski definition) is 4. The molecular formula is C42H48N8O8. The highest BCUT2D eigenvalue weighted by Gasteiger charge is 2.39. The molecule has 2 fully saturated rings. The maximum absolute atomic E-state index is 14.1. The number of aromatic nitrogens is 4. The van der Waals surface area contributed by atoms with Crippen molar-refractivity contribution in [3.63, 3.8) is 0 Å². The normalized spacial score (nSPS) is 18.6. The summed E-state index contributed by atoms with van der Waals surface area (Å²) in [7, 11) is 2.51. The number of carbonyl (C=O) groups is 6. The van der Waals surface area contributed by atoms with Gasteiger partial charge in [-0.25, -0.2) is 19.6 Å². The Morgan fingerprint density at radius 2 is 1.05 bits per heavy atom. The first kappa shape index (κ1) is 39.9. The summed E-state index contributed by atoms with van der Waals surface area (Å²) in [6.07, 6.45) is 4.84. The van der Waals surface area contributed by atoms with Crippen LogP contribution in [-0.4, -0.2) is 105 Å². The molecule has 4 heterocycles. The first-order valence-corrected chi connectivity index (χ1v) is 19.6. The van der Waals surface area contributed by atoms with Crippen LogP contribution in [0.4, 0.5) is 9.59 Å². The van der Waals surface area contributed by atoms with Crippen molar-refractivity contribution in [3.8, 4) is 22.5 Å². The lowest BCUT2D eigenvalue weighted by Gasteiger charge is -2.30. The molecule has 7 rings (SSSR count). The summed E-state index contributed by atoms with van der Waals surface area (Å²) >= 11 is 0. The number of alkyl carbamates (subject to hydrolysis) is 2. The van der Waals surface area contributed by atoms with E-state index >= 15 is 0 Å². The Bertz CT molecular complexity index is 2120. The van der Waals surface area contributed by atoms with Crippen molar-refractivity contribution in [3.05, 3.63) is 82.7 Å². The zero-order valence-corrected chi connectivity index (χ0v) is 33.4. The van der Waals surface area contributed by atoms with E-state index in [1.807, 2.05) is 27.7 Å². The van der Waals surface area contributed by atoms with Crippen LogP contribution in [0.2, 0.25) is 0 Å². The molecule has 2 saturated heterocycles. The summed E-state index contributed by atoms with van der Waals surface area (Å²) in [5.74, 6) is -0.183. The number of fused-ring (bicyclic) bond motifs is 2. The van der Waals surface area contributed by atoms with Crippen LogP contribution in [0.5, 0.6) is 0 Å². The van der Waals surface area contributed by atoms with Crippen molar-refractivity contribution >= 4 is 35.6 Å². The lowest BCUT2D eigenvalue weighted by Crippen LogP contribution is -2.51. The van der Waals surface area contributed by atoms with Crippen molar-refractivity contribution in [2.24, 2.45) is 11.8 Å². The quantitative estimate of drug-likeness (QED) is 0.143. The summed E-state index contributed by atoms with van der Waals surface area (Å²) in [6.45, 7) is 8.45. The van der Waals surface area contributed by atoms with Gasteiger partial charge in [0.1, 0.15) is 23.7 Å². The number of ether oxygens (including phenoxy) is 2. The number of aromatic amines is 2. The number of nitrogens with zero attached hydrogens (tertiary/aromatic N) is 4. The molecule has 2 aliphatic heterocycles. The minimum absolute atomic E-state index is 0.170. The molecule has 16 heteroatoms. The predicted octanol–water partition coefficient (Wildman–Crippen LogP) is 5.33. The smallest absolute Gasteiger partial charge is 0.407 e. The van der Waals surface area contributed by atoms with E-state index in [0.29, 0.717) is 71.2 Å². The van der Waals surface area contributed by atoms with Gasteiger partial charge in [-0.3, -0.25) is 19.2 Å². The van der Waals surface area contributed by atoms with Crippen LogP contribution in [0.1, 0.15) is 109 Å². The number of H-pyrrole nitrogens is 2. The van der Waals surface area contributed by atoms with Gasteiger partial charge < -0.3 is 39.9 Å². The van der Waals surface area contributed by atoms with Crippen LogP contribution in [0.25, 0.3) is 22.5 Å². The van der Waals surface area contributed by atoms with Gasteiger partial charge in [0.05, 0.1) is 50.1 Å². The highest BCUT2D eigenvalue weighted by atomic mass is 16.5. The number of hydrogen-bond acceptors (Lipinski definition) is 10. The Morgan fingerprint density at radius 3 is 1.43 bits per heavy atom. The lowest BCUT2D eigenvalue weighted by atomic mass is 9.82. The van der Waals surface area contributed by atoms with Crippen molar-refractivity contribution in [1.29, 1.82) is 0 Å². The van der Waals surface area contributed by atoms with Gasteiger partial charge in [-0.1, -0.05) is 39.8 Å². The molecule has 4 N–H and O–H groups in total. The monoisotopic (exact) mass is 792 g/mol. The molecular weight excluding hydrogens is 745 g/mol. The van der Waals surface area contributed by atoms with Crippen molar-refractivity contribution in [1.82, 2.24) is 40.4 Å². The second kappa shape index (κ2) is 16.3. The van der Waals surface area contributed by atoms with Crippen molar-refractivity contribution < 1.29 is 38.2 Å². The Kier molecular flexibility index (Phi) is 11.2. The Labute approximate surface area is 335 Å². The van der Waals surface area contributed by atoms with Gasteiger partial charge in [0.15, 0.2) is 11.6 Å². The minimum atomic E-state index is -0.764. The van der Waals surface area contributed by atoms with Gasteiger partial charge in [0, 0.05) is 46.5 Å². The molecule has 0 spiro atoms. The number of amides is 4. The Balaban J connectivity index is 1.10. The molecule has 2 aromatic carbocycles. The molecule has 0 saturated carbocycles. The van der Waals surface area contributed by atoms with Gasteiger partial charge in [0.25, 0.3) is 0 Å². The third kappa shape index (κ3) is 7.45. The number of rotatable bonds is 10. The molecule has 0 bridgehead atoms. The molecule has 304 valence electrons. The second-order valence-corrected chi connectivity index (χ2v) is 15.6. The molecule has 58 heavy (non-hydrogen) atoms. The Morgan fingerprint density at radius 1 is 0.655 bits per heavy atom. The van der Waals surface area contributed by atoms with Gasteiger partial charge in [-0.2, -0.15) is 0 Å². The van der Waals surface area contributed by atoms with Gasteiger partial charge >= 0.3 is 12.2 Å². The second-order valence-electron chi connectivity index (χ2n) is 15.6. The van der Waals surface area contributed by atoms with Crippen LogP contribution in [-0.2, 0) is 19.1 Å². The number of carbonyl (C=O) groups excluding carboxylic acids is 6. The average Bonchev–Trinajstić information content (AvgIpc) is 4.06. The molecule has 0 radical (unpaired) electrons. The molecule has 0 unspecified atom stereocenters. The topological polar surface area (TPSA) is 209 Å². The fourth-order valence-corrected chi connectivity index (χ4v) is 8.18. The summed E-state index contributed by atoms with van der Waals surface area (Å²) in [5.41, 5.74) is 3.67. The van der Waals surface area contributed by atoms with E-state index in [9.17, 15) is 28.8 Å². The first-order valence-electron chi connectivity index (χ1n) is 19.6. The highest BCUT2D eigenvalue weighted by molar-refractivity contribution is 6.29. The van der Waals surface area contributed by atoms with Crippen LogP contribution in [0.15, 0.2) is 48.8 Å². The molecule has 4 amide bonds. The fourth-order valence-electron chi connectivity index (χ4n) is 8.18. The average molecular weight is 793 g/mol. The lowest BCUT2D eigenvalue weighted by molar-refractivity contribution is -0.136. The number of likely N-dealkylation sites (tertiary alicyclic amines) is 2. The maximum Gasteiger partial charge on any atom is 0.407 e. The Hall–Kier alpha value is -6.32. The largest absolute Gasteiger partial charge is 0.453 e. The van der Waals surface area contributed by atoms with Gasteiger partial charge in [-0.15, -0.1) is 0 Å². The van der Waals surface area contributed by atoms with Crippen molar-refractivity contribution in [2.75, 3.05) is 27.3 Å². The summed E-state index contributed by atoms with van der Waals surface area (Å²) in [5, 5.41) is 5.32. The van der Waals surface area contributed by atoms with Gasteiger partial charge in [-0.05, 0) is 61.8 Å². The third-order valence-corrected chi connectivity index (χ3v) is 11.3. The van der Waals surface area contributed by atoms with Crippen LogP contribution in [0, 0.1) is 11.8 Å². The summed E-state index contributed by atoms with van der Waals surface area (Å²) in [6, 6.07) is 8.01. The number of benzene rings is 2. The fraction of sp³-hybridized carbons (Fsp3) is 0.429. The summed E-state index contributed by atoms with van der Waals surface area (Å²) in [4.78, 5) is 98.5. The van der Waals surface area contributed by atoms with Crippen molar-refractivity contribution in [2.45, 2.75) is 77.5 Å². The first-order chi connectivity index (χ1) is 27.8. The molecule has 2 aromatic heterocycles. The zero-order valence-electron chi connectivity index (χ0n) is 33.4. The molecule has 16 nitrogen and oxygen atoms in total. The minimum Gasteiger partial charge on any atom is -0.453 e. The molecule has 4 aromatic rings. The molecule has 1 aliphatic carbocycles. The standard InChI is InChI=1S/C42H48N8O8/c1-21(2)33(47-41(55)57-5)39(53)49-15-7-9-31(49)37-43-19-29(45-37)23-11-13-25-27(17-23)36(52)28-18-24(12-14-26(28)35(25)51)30-20-44-38(46-30)32-10-8-16-50(32)40(54)34(22(3)4)48-42(56)58-6/h11-14,17-22,31-34H,7-10,15-16H2,1-6H3,(H,43,45)(H,44,46)(H,47,55)(H,48,56)/t31-,32-,33-,34-/m0/s1. The van der Waals surface area contributed by atoms with E-state index in [2.05, 4.69) is 30.6 Å². The SMILES string of the molecule is COC(=O)N[C@H](C(=O)N1CCC[C@H]1c1ncc(-c2ccc3c(c2)C(=O)c2cc(-c4cnc([C@@H]5CCCN5C(=O)[C@@H](NC(=O)OC)C(C)C)[nH]4)ccc2C3=O)[nH]1)C(C)C. The van der Waals surface area contributed by atoms with E-state index < -0.39 is 24.3 Å². The van der Waals surface area contributed by atoms with Crippen LogP contribution >= 0.6 is 0 Å². The predicted molar refractivity (Wildman–Crippen MR) is 211 cm³/mol. The van der Waals surface area contributed by atoms with Gasteiger partial charge in [0.2, 0.25) is 11.8 Å². The molecule has 4 atom stereocenters. The van der Waals surface area contributed by atoms with E-state index in [0.717, 1.165) is 12.8 Å². The molecule has 3 aliphatic rings. The van der Waals surface area contributed by atoms with Crippen LogP contribution < -0.4 is 10.6 Å².